The Labute approximate surface area is 80.7 Å². The van der Waals surface area contributed by atoms with Crippen molar-refractivity contribution in [3.63, 3.8) is 0 Å². The summed E-state index contributed by atoms with van der Waals surface area (Å²) in [6.07, 6.45) is 5.18. The molecule has 4 unspecified atom stereocenters. The number of aliphatic hydroxyl groups excluding tert-OH is 1. The highest BCUT2D eigenvalue weighted by atomic mass is 16.3. The van der Waals surface area contributed by atoms with Crippen molar-refractivity contribution in [1.29, 1.82) is 0 Å². The van der Waals surface area contributed by atoms with Gasteiger partial charge in [-0.05, 0) is 50.0 Å². The van der Waals surface area contributed by atoms with Gasteiger partial charge in [-0.2, -0.15) is 0 Å². The molecule has 4 atom stereocenters. The summed E-state index contributed by atoms with van der Waals surface area (Å²) in [6, 6.07) is 0.710. The van der Waals surface area contributed by atoms with Gasteiger partial charge in [-0.1, -0.05) is 6.92 Å². The van der Waals surface area contributed by atoms with Gasteiger partial charge in [0.1, 0.15) is 0 Å². The van der Waals surface area contributed by atoms with Gasteiger partial charge in [0.05, 0.1) is 0 Å². The lowest BCUT2D eigenvalue weighted by atomic mass is 9.70. The zero-order valence-corrected chi connectivity index (χ0v) is 8.50. The third-order valence-corrected chi connectivity index (χ3v) is 3.92. The molecular weight excluding hydrogens is 162 g/mol. The normalized spacial score (nSPS) is 45.7. The molecule has 2 rings (SSSR count). The van der Waals surface area contributed by atoms with Crippen LogP contribution in [-0.4, -0.2) is 24.3 Å². The quantitative estimate of drug-likeness (QED) is 0.644. The maximum absolute atomic E-state index is 9.29. The molecule has 0 radical (unpaired) electrons. The molecule has 2 heteroatoms. The van der Waals surface area contributed by atoms with Crippen molar-refractivity contribution in [2.45, 2.75) is 38.6 Å². The Hall–Kier alpha value is -0.0800. The van der Waals surface area contributed by atoms with Gasteiger partial charge in [-0.3, -0.25) is 0 Å². The predicted octanol–water partition coefficient (Wildman–Crippen LogP) is 1.39. The first kappa shape index (κ1) is 9.47. The number of hydrogen-bond donors (Lipinski definition) is 2. The lowest BCUT2D eigenvalue weighted by Gasteiger charge is -2.43. The predicted molar refractivity (Wildman–Crippen MR) is 53.5 cm³/mol. The van der Waals surface area contributed by atoms with Gasteiger partial charge in [0.15, 0.2) is 0 Å². The van der Waals surface area contributed by atoms with E-state index in [4.69, 9.17) is 0 Å². The van der Waals surface area contributed by atoms with Crippen LogP contribution in [-0.2, 0) is 0 Å². The summed E-state index contributed by atoms with van der Waals surface area (Å²) in [6.45, 7) is 3.86. The first-order valence-electron chi connectivity index (χ1n) is 5.65. The standard InChI is InChI=1S/C11H21NO/c1-8-2-3-11-10(6-8)9(7-13)4-5-12-11/h8-13H,2-7H2,1H3. The van der Waals surface area contributed by atoms with Gasteiger partial charge in [-0.25, -0.2) is 0 Å². The number of hydrogen-bond acceptors (Lipinski definition) is 2. The van der Waals surface area contributed by atoms with Crippen LogP contribution in [0.25, 0.3) is 0 Å². The van der Waals surface area contributed by atoms with Crippen molar-refractivity contribution in [3.05, 3.63) is 0 Å². The van der Waals surface area contributed by atoms with E-state index in [9.17, 15) is 5.11 Å². The molecule has 1 aliphatic heterocycles. The van der Waals surface area contributed by atoms with Crippen molar-refractivity contribution in [1.82, 2.24) is 5.32 Å². The molecule has 76 valence electrons. The summed E-state index contributed by atoms with van der Waals surface area (Å²) in [4.78, 5) is 0. The number of piperidine rings is 1. The van der Waals surface area contributed by atoms with E-state index in [-0.39, 0.29) is 0 Å². The molecule has 2 N–H and O–H groups in total. The average molecular weight is 183 g/mol. The Morgan fingerprint density at radius 1 is 1.31 bits per heavy atom. The highest BCUT2D eigenvalue weighted by Gasteiger charge is 2.36. The number of fused-ring (bicyclic) bond motifs is 1. The zero-order valence-electron chi connectivity index (χ0n) is 8.50. The minimum Gasteiger partial charge on any atom is -0.396 e. The molecule has 2 aliphatic rings. The first-order chi connectivity index (χ1) is 6.31. The molecule has 0 aromatic heterocycles. The number of nitrogens with one attached hydrogen (secondary N) is 1. The summed E-state index contributed by atoms with van der Waals surface area (Å²) >= 11 is 0. The first-order valence-corrected chi connectivity index (χ1v) is 5.65. The molecule has 1 heterocycles. The topological polar surface area (TPSA) is 32.3 Å². The second kappa shape index (κ2) is 3.97. The Balaban J connectivity index is 2.01. The maximum atomic E-state index is 9.29. The Kier molecular flexibility index (Phi) is 2.89. The van der Waals surface area contributed by atoms with Gasteiger partial charge < -0.3 is 10.4 Å². The van der Waals surface area contributed by atoms with E-state index in [1.165, 1.54) is 25.7 Å². The average Bonchev–Trinajstić information content (AvgIpc) is 2.17. The Morgan fingerprint density at radius 2 is 2.15 bits per heavy atom. The van der Waals surface area contributed by atoms with E-state index in [1.54, 1.807) is 0 Å². The van der Waals surface area contributed by atoms with E-state index in [1.807, 2.05) is 0 Å². The third kappa shape index (κ3) is 1.89. The van der Waals surface area contributed by atoms with Gasteiger partial charge >= 0.3 is 0 Å². The van der Waals surface area contributed by atoms with Crippen LogP contribution in [0.3, 0.4) is 0 Å². The van der Waals surface area contributed by atoms with E-state index < -0.39 is 0 Å². The fourth-order valence-electron chi connectivity index (χ4n) is 3.09. The van der Waals surface area contributed by atoms with Gasteiger partial charge in [0.2, 0.25) is 0 Å². The van der Waals surface area contributed by atoms with Crippen LogP contribution in [0, 0.1) is 17.8 Å². The van der Waals surface area contributed by atoms with Crippen LogP contribution < -0.4 is 5.32 Å². The molecule has 0 aromatic carbocycles. The van der Waals surface area contributed by atoms with Crippen molar-refractivity contribution in [2.24, 2.45) is 17.8 Å². The van der Waals surface area contributed by atoms with Gasteiger partial charge in [-0.15, -0.1) is 0 Å². The summed E-state index contributed by atoms with van der Waals surface area (Å²) in [5.74, 6) is 2.20. The zero-order chi connectivity index (χ0) is 9.26. The van der Waals surface area contributed by atoms with Crippen LogP contribution >= 0.6 is 0 Å². The molecule has 1 aliphatic carbocycles. The summed E-state index contributed by atoms with van der Waals surface area (Å²) in [5.41, 5.74) is 0. The summed E-state index contributed by atoms with van der Waals surface area (Å²) < 4.78 is 0. The fraction of sp³-hybridized carbons (Fsp3) is 1.00. The van der Waals surface area contributed by atoms with Crippen molar-refractivity contribution >= 4 is 0 Å². The lowest BCUT2D eigenvalue weighted by molar-refractivity contribution is 0.0685. The Bertz CT molecular complexity index is 165. The smallest absolute Gasteiger partial charge is 0.0462 e. The van der Waals surface area contributed by atoms with E-state index in [0.29, 0.717) is 18.6 Å². The second-order valence-electron chi connectivity index (χ2n) is 4.87. The van der Waals surface area contributed by atoms with Gasteiger partial charge in [0.25, 0.3) is 0 Å². The molecule has 1 saturated carbocycles. The summed E-state index contributed by atoms with van der Waals surface area (Å²) in [5, 5.41) is 12.9. The largest absolute Gasteiger partial charge is 0.396 e. The molecular formula is C11H21NO. The van der Waals surface area contributed by atoms with Crippen LogP contribution in [0.5, 0.6) is 0 Å². The fourth-order valence-corrected chi connectivity index (χ4v) is 3.09. The SMILES string of the molecule is CC1CCC2NCCC(CO)C2C1. The van der Waals surface area contributed by atoms with Gasteiger partial charge in [0, 0.05) is 12.6 Å². The molecule has 1 saturated heterocycles. The van der Waals surface area contributed by atoms with Crippen molar-refractivity contribution in [2.75, 3.05) is 13.2 Å². The second-order valence-corrected chi connectivity index (χ2v) is 4.87. The molecule has 2 fully saturated rings. The highest BCUT2D eigenvalue weighted by molar-refractivity contribution is 4.91. The van der Waals surface area contributed by atoms with Crippen LogP contribution in [0.1, 0.15) is 32.6 Å². The molecule has 0 aromatic rings. The summed E-state index contributed by atoms with van der Waals surface area (Å²) in [7, 11) is 0. The lowest BCUT2D eigenvalue weighted by Crippen LogP contribution is -2.49. The monoisotopic (exact) mass is 183 g/mol. The minimum absolute atomic E-state index is 0.398. The molecule has 0 spiro atoms. The highest BCUT2D eigenvalue weighted by Crippen LogP contribution is 2.37. The number of aliphatic hydroxyl groups is 1. The molecule has 2 nitrogen and oxygen atoms in total. The Morgan fingerprint density at radius 3 is 2.92 bits per heavy atom. The third-order valence-electron chi connectivity index (χ3n) is 3.92. The van der Waals surface area contributed by atoms with Crippen LogP contribution in [0.15, 0.2) is 0 Å². The molecule has 0 bridgehead atoms. The molecule has 0 amide bonds. The molecule has 13 heavy (non-hydrogen) atoms. The van der Waals surface area contributed by atoms with E-state index in [0.717, 1.165) is 18.4 Å². The van der Waals surface area contributed by atoms with Crippen LogP contribution in [0.4, 0.5) is 0 Å². The van der Waals surface area contributed by atoms with Crippen molar-refractivity contribution in [3.8, 4) is 0 Å². The minimum atomic E-state index is 0.398. The van der Waals surface area contributed by atoms with E-state index in [2.05, 4.69) is 12.2 Å². The maximum Gasteiger partial charge on any atom is 0.0462 e. The van der Waals surface area contributed by atoms with Crippen LogP contribution in [0.2, 0.25) is 0 Å². The van der Waals surface area contributed by atoms with E-state index >= 15 is 0 Å². The van der Waals surface area contributed by atoms with Crippen molar-refractivity contribution < 1.29 is 5.11 Å². The number of rotatable bonds is 1.